The van der Waals surface area contributed by atoms with E-state index in [-0.39, 0.29) is 11.9 Å². The molecule has 1 fully saturated rings. The van der Waals surface area contributed by atoms with Gasteiger partial charge in [0, 0.05) is 24.6 Å². The van der Waals surface area contributed by atoms with Crippen molar-refractivity contribution in [3.63, 3.8) is 0 Å². The van der Waals surface area contributed by atoms with Crippen molar-refractivity contribution in [3.05, 3.63) is 23.8 Å². The molecule has 16 heavy (non-hydrogen) atoms. The van der Waals surface area contributed by atoms with E-state index in [4.69, 9.17) is 10.5 Å². The number of carbonyl (C=O) groups excluding carboxylic acids is 1. The molecule has 1 aromatic carbocycles. The van der Waals surface area contributed by atoms with Gasteiger partial charge in [-0.15, -0.1) is 0 Å². The predicted octanol–water partition coefficient (Wildman–Crippen LogP) is 1.07. The molecule has 1 unspecified atom stereocenters. The van der Waals surface area contributed by atoms with Crippen LogP contribution in [0.5, 0.6) is 5.75 Å². The van der Waals surface area contributed by atoms with Gasteiger partial charge < -0.3 is 15.4 Å². The molecule has 1 saturated heterocycles. The summed E-state index contributed by atoms with van der Waals surface area (Å²) in [5.41, 5.74) is 7.66. The zero-order valence-electron chi connectivity index (χ0n) is 9.56. The van der Waals surface area contributed by atoms with Crippen LogP contribution >= 0.6 is 0 Å². The Kier molecular flexibility index (Phi) is 2.83. The highest BCUT2D eigenvalue weighted by atomic mass is 16.5. The van der Waals surface area contributed by atoms with Gasteiger partial charge in [-0.3, -0.25) is 4.79 Å². The monoisotopic (exact) mass is 220 g/mol. The average Bonchev–Trinajstić information content (AvgIpc) is 2.58. The van der Waals surface area contributed by atoms with Crippen LogP contribution < -0.4 is 15.4 Å². The van der Waals surface area contributed by atoms with Crippen LogP contribution in [-0.4, -0.2) is 25.6 Å². The average molecular weight is 220 g/mol. The molecule has 0 aromatic heterocycles. The standard InChI is InChI=1S/C12H16N2O2/c1-8-10(4-3-5-11(8)16-2)14-7-9(13)6-12(14)15/h3-5,9H,6-7,13H2,1-2H3. The fourth-order valence-corrected chi connectivity index (χ4v) is 2.08. The second kappa shape index (κ2) is 4.14. The van der Waals surface area contributed by atoms with E-state index in [1.807, 2.05) is 25.1 Å². The molecule has 1 atom stereocenters. The smallest absolute Gasteiger partial charge is 0.228 e. The van der Waals surface area contributed by atoms with Crippen molar-refractivity contribution in [1.82, 2.24) is 0 Å². The number of nitrogens with zero attached hydrogens (tertiary/aromatic N) is 1. The van der Waals surface area contributed by atoms with Crippen LogP contribution in [0.4, 0.5) is 5.69 Å². The number of anilines is 1. The molecule has 0 aliphatic carbocycles. The molecule has 86 valence electrons. The van der Waals surface area contributed by atoms with Crippen molar-refractivity contribution in [2.75, 3.05) is 18.6 Å². The number of carbonyl (C=O) groups is 1. The third kappa shape index (κ3) is 1.76. The van der Waals surface area contributed by atoms with Crippen molar-refractivity contribution in [3.8, 4) is 5.75 Å². The molecular formula is C12H16N2O2. The highest BCUT2D eigenvalue weighted by Crippen LogP contribution is 2.30. The molecule has 0 saturated carbocycles. The number of hydrogen-bond donors (Lipinski definition) is 1. The Hall–Kier alpha value is -1.55. The Morgan fingerprint density at radius 2 is 2.25 bits per heavy atom. The summed E-state index contributed by atoms with van der Waals surface area (Å²) in [4.78, 5) is 13.5. The quantitative estimate of drug-likeness (QED) is 0.811. The normalized spacial score (nSPS) is 20.3. The molecule has 1 aliphatic heterocycles. The largest absolute Gasteiger partial charge is 0.496 e. The number of hydrogen-bond acceptors (Lipinski definition) is 3. The van der Waals surface area contributed by atoms with Crippen molar-refractivity contribution in [2.45, 2.75) is 19.4 Å². The minimum atomic E-state index is -0.0573. The lowest BCUT2D eigenvalue weighted by atomic mass is 10.1. The van der Waals surface area contributed by atoms with Gasteiger partial charge in [0.25, 0.3) is 0 Å². The van der Waals surface area contributed by atoms with E-state index in [1.165, 1.54) is 0 Å². The van der Waals surface area contributed by atoms with Crippen LogP contribution in [0.15, 0.2) is 18.2 Å². The number of ether oxygens (including phenoxy) is 1. The summed E-state index contributed by atoms with van der Waals surface area (Å²) in [6, 6.07) is 5.64. The fourth-order valence-electron chi connectivity index (χ4n) is 2.08. The number of rotatable bonds is 2. The number of methoxy groups -OCH3 is 1. The van der Waals surface area contributed by atoms with E-state index in [1.54, 1.807) is 12.0 Å². The minimum Gasteiger partial charge on any atom is -0.496 e. The maximum atomic E-state index is 11.7. The molecule has 0 spiro atoms. The molecule has 4 nitrogen and oxygen atoms in total. The maximum Gasteiger partial charge on any atom is 0.228 e. The van der Waals surface area contributed by atoms with Gasteiger partial charge in [-0.05, 0) is 19.1 Å². The summed E-state index contributed by atoms with van der Waals surface area (Å²) in [6.45, 7) is 2.54. The number of nitrogens with two attached hydrogens (primary N) is 1. The second-order valence-electron chi connectivity index (χ2n) is 4.07. The SMILES string of the molecule is COc1cccc(N2CC(N)CC2=O)c1C. The lowest BCUT2D eigenvalue weighted by Crippen LogP contribution is -2.28. The van der Waals surface area contributed by atoms with Crippen molar-refractivity contribution in [1.29, 1.82) is 0 Å². The molecule has 1 amide bonds. The number of amides is 1. The molecule has 2 rings (SSSR count). The summed E-state index contributed by atoms with van der Waals surface area (Å²) in [5, 5.41) is 0. The van der Waals surface area contributed by atoms with E-state index in [0.29, 0.717) is 13.0 Å². The first-order chi connectivity index (χ1) is 7.63. The third-order valence-electron chi connectivity index (χ3n) is 2.92. The first kappa shape index (κ1) is 11.0. The molecule has 0 radical (unpaired) electrons. The third-order valence-corrected chi connectivity index (χ3v) is 2.92. The topological polar surface area (TPSA) is 55.6 Å². The van der Waals surface area contributed by atoms with Crippen molar-refractivity contribution in [2.24, 2.45) is 5.73 Å². The van der Waals surface area contributed by atoms with E-state index < -0.39 is 0 Å². The van der Waals surface area contributed by atoms with Gasteiger partial charge >= 0.3 is 0 Å². The lowest BCUT2D eigenvalue weighted by molar-refractivity contribution is -0.117. The van der Waals surface area contributed by atoms with E-state index in [2.05, 4.69) is 0 Å². The summed E-state index contributed by atoms with van der Waals surface area (Å²) in [7, 11) is 1.63. The summed E-state index contributed by atoms with van der Waals surface area (Å²) < 4.78 is 5.24. The predicted molar refractivity (Wildman–Crippen MR) is 62.7 cm³/mol. The van der Waals surface area contributed by atoms with Crippen LogP contribution in [0, 0.1) is 6.92 Å². The molecule has 4 heteroatoms. The minimum absolute atomic E-state index is 0.0573. The Morgan fingerprint density at radius 1 is 1.50 bits per heavy atom. The van der Waals surface area contributed by atoms with Gasteiger partial charge in [0.2, 0.25) is 5.91 Å². The van der Waals surface area contributed by atoms with Gasteiger partial charge in [0.05, 0.1) is 12.8 Å². The maximum absolute atomic E-state index is 11.7. The van der Waals surface area contributed by atoms with Crippen LogP contribution in [0.25, 0.3) is 0 Å². The summed E-state index contributed by atoms with van der Waals surface area (Å²) >= 11 is 0. The highest BCUT2D eigenvalue weighted by Gasteiger charge is 2.29. The summed E-state index contributed by atoms with van der Waals surface area (Å²) in [6.07, 6.45) is 0.427. The Labute approximate surface area is 95.0 Å². The Morgan fingerprint density at radius 3 is 2.81 bits per heavy atom. The van der Waals surface area contributed by atoms with Crippen LogP contribution in [0.2, 0.25) is 0 Å². The summed E-state index contributed by atoms with van der Waals surface area (Å²) in [5.74, 6) is 0.884. The second-order valence-corrected chi connectivity index (χ2v) is 4.07. The Bertz CT molecular complexity index is 417. The first-order valence-corrected chi connectivity index (χ1v) is 5.33. The van der Waals surface area contributed by atoms with E-state index in [9.17, 15) is 4.79 Å². The molecule has 2 N–H and O–H groups in total. The van der Waals surface area contributed by atoms with Gasteiger partial charge in [0.1, 0.15) is 5.75 Å². The van der Waals surface area contributed by atoms with Gasteiger partial charge in [0.15, 0.2) is 0 Å². The van der Waals surface area contributed by atoms with Crippen LogP contribution in [0.1, 0.15) is 12.0 Å². The van der Waals surface area contributed by atoms with Crippen molar-refractivity contribution >= 4 is 11.6 Å². The van der Waals surface area contributed by atoms with E-state index >= 15 is 0 Å². The zero-order chi connectivity index (χ0) is 11.7. The highest BCUT2D eigenvalue weighted by molar-refractivity contribution is 5.97. The van der Waals surface area contributed by atoms with Crippen LogP contribution in [0.3, 0.4) is 0 Å². The molecule has 1 heterocycles. The molecule has 0 bridgehead atoms. The van der Waals surface area contributed by atoms with E-state index in [0.717, 1.165) is 17.0 Å². The first-order valence-electron chi connectivity index (χ1n) is 5.33. The zero-order valence-corrected chi connectivity index (χ0v) is 9.56. The van der Waals surface area contributed by atoms with Gasteiger partial charge in [-0.2, -0.15) is 0 Å². The molecule has 1 aliphatic rings. The van der Waals surface area contributed by atoms with Crippen molar-refractivity contribution < 1.29 is 9.53 Å². The van der Waals surface area contributed by atoms with Crippen LogP contribution in [-0.2, 0) is 4.79 Å². The Balaban J connectivity index is 2.37. The fraction of sp³-hybridized carbons (Fsp3) is 0.417. The van der Waals surface area contributed by atoms with Gasteiger partial charge in [-0.1, -0.05) is 6.07 Å². The lowest BCUT2D eigenvalue weighted by Gasteiger charge is -2.20. The number of benzene rings is 1. The molecule has 1 aromatic rings. The van der Waals surface area contributed by atoms with Gasteiger partial charge in [-0.25, -0.2) is 0 Å². The molecular weight excluding hydrogens is 204 g/mol.